The first-order valence-corrected chi connectivity index (χ1v) is 7.05. The van der Waals surface area contributed by atoms with Crippen LogP contribution in [0.5, 0.6) is 0 Å². The second kappa shape index (κ2) is 6.01. The van der Waals surface area contributed by atoms with Gasteiger partial charge in [-0.15, -0.1) is 0 Å². The molecule has 0 fully saturated rings. The highest BCUT2D eigenvalue weighted by Gasteiger charge is 2.20. The Hall–Kier alpha value is -0.350. The third-order valence-corrected chi connectivity index (χ3v) is 3.51. The number of aromatic nitrogens is 2. The lowest BCUT2D eigenvalue weighted by molar-refractivity contribution is 0.328. The number of rotatable bonds is 5. The number of hydrogen-bond donors (Lipinski definition) is 1. The standard InChI is InChI=1S/C13H24BrN3/c1-6-15-11(7-8-13(2,3)4)12-10(14)9-16-17(12)5/h9,11,15H,6-8H2,1-5H3. The van der Waals surface area contributed by atoms with Gasteiger partial charge in [-0.25, -0.2) is 0 Å². The maximum Gasteiger partial charge on any atom is 0.0692 e. The Kier molecular flexibility index (Phi) is 5.20. The van der Waals surface area contributed by atoms with E-state index >= 15 is 0 Å². The van der Waals surface area contributed by atoms with Gasteiger partial charge in [-0.3, -0.25) is 4.68 Å². The summed E-state index contributed by atoms with van der Waals surface area (Å²) in [6.07, 6.45) is 4.20. The Bertz CT molecular complexity index is 333. The van der Waals surface area contributed by atoms with Crippen LogP contribution in [0.3, 0.4) is 0 Å². The average Bonchev–Trinajstić information content (AvgIpc) is 2.53. The molecule has 0 aromatic carbocycles. The monoisotopic (exact) mass is 301 g/mol. The summed E-state index contributed by atoms with van der Waals surface area (Å²) < 4.78 is 3.06. The van der Waals surface area contributed by atoms with Gasteiger partial charge in [0.25, 0.3) is 0 Å². The third kappa shape index (κ3) is 4.43. The van der Waals surface area contributed by atoms with Crippen molar-refractivity contribution in [1.29, 1.82) is 0 Å². The van der Waals surface area contributed by atoms with Crippen molar-refractivity contribution in [3.8, 4) is 0 Å². The van der Waals surface area contributed by atoms with Crippen LogP contribution < -0.4 is 5.32 Å². The molecule has 0 radical (unpaired) electrons. The smallest absolute Gasteiger partial charge is 0.0692 e. The van der Waals surface area contributed by atoms with Gasteiger partial charge in [0, 0.05) is 7.05 Å². The molecule has 1 unspecified atom stereocenters. The molecule has 1 aromatic heterocycles. The highest BCUT2D eigenvalue weighted by atomic mass is 79.9. The Morgan fingerprint density at radius 3 is 2.53 bits per heavy atom. The number of aryl methyl sites for hydroxylation is 1. The molecule has 1 atom stereocenters. The van der Waals surface area contributed by atoms with Crippen LogP contribution in [0, 0.1) is 5.41 Å². The van der Waals surface area contributed by atoms with E-state index in [4.69, 9.17) is 0 Å². The predicted octanol–water partition coefficient (Wildman–Crippen LogP) is 3.66. The van der Waals surface area contributed by atoms with Gasteiger partial charge in [-0.1, -0.05) is 27.7 Å². The summed E-state index contributed by atoms with van der Waals surface area (Å²) in [4.78, 5) is 0. The Labute approximate surface area is 113 Å². The minimum absolute atomic E-state index is 0.374. The maximum atomic E-state index is 4.29. The van der Waals surface area contributed by atoms with Crippen LogP contribution in [0.4, 0.5) is 0 Å². The number of nitrogens with one attached hydrogen (secondary N) is 1. The molecule has 3 nitrogen and oxygen atoms in total. The molecule has 0 spiro atoms. The topological polar surface area (TPSA) is 29.9 Å². The summed E-state index contributed by atoms with van der Waals surface area (Å²) in [7, 11) is 2.00. The largest absolute Gasteiger partial charge is 0.309 e. The fourth-order valence-electron chi connectivity index (χ4n) is 1.97. The molecule has 1 N–H and O–H groups in total. The predicted molar refractivity (Wildman–Crippen MR) is 76.0 cm³/mol. The molecule has 0 saturated carbocycles. The maximum absolute atomic E-state index is 4.29. The van der Waals surface area contributed by atoms with Crippen molar-refractivity contribution >= 4 is 15.9 Å². The van der Waals surface area contributed by atoms with Crippen molar-refractivity contribution in [2.24, 2.45) is 12.5 Å². The highest BCUT2D eigenvalue weighted by Crippen LogP contribution is 2.30. The molecule has 0 aliphatic carbocycles. The van der Waals surface area contributed by atoms with Crippen LogP contribution in [-0.2, 0) is 7.05 Å². The summed E-state index contributed by atoms with van der Waals surface area (Å²) in [5.41, 5.74) is 1.62. The van der Waals surface area contributed by atoms with Crippen molar-refractivity contribution < 1.29 is 0 Å². The molecule has 17 heavy (non-hydrogen) atoms. The van der Waals surface area contributed by atoms with E-state index < -0.39 is 0 Å². The Morgan fingerprint density at radius 1 is 1.47 bits per heavy atom. The number of nitrogens with zero attached hydrogens (tertiary/aromatic N) is 2. The molecule has 98 valence electrons. The molecule has 4 heteroatoms. The summed E-state index contributed by atoms with van der Waals surface area (Å²) >= 11 is 3.58. The zero-order valence-electron chi connectivity index (χ0n) is 11.5. The minimum Gasteiger partial charge on any atom is -0.309 e. The lowest BCUT2D eigenvalue weighted by Gasteiger charge is -2.24. The SMILES string of the molecule is CCNC(CCC(C)(C)C)c1c(Br)cnn1C. The molecular formula is C13H24BrN3. The quantitative estimate of drug-likeness (QED) is 0.899. The van der Waals surface area contributed by atoms with Crippen LogP contribution >= 0.6 is 15.9 Å². The highest BCUT2D eigenvalue weighted by molar-refractivity contribution is 9.10. The van der Waals surface area contributed by atoms with Crippen molar-refractivity contribution in [2.45, 2.75) is 46.6 Å². The molecule has 0 aliphatic heterocycles. The first kappa shape index (κ1) is 14.7. The molecule has 0 amide bonds. The zero-order chi connectivity index (χ0) is 13.1. The average molecular weight is 302 g/mol. The van der Waals surface area contributed by atoms with Crippen LogP contribution in [0.25, 0.3) is 0 Å². The molecule has 1 aromatic rings. The van der Waals surface area contributed by atoms with Crippen molar-refractivity contribution in [3.63, 3.8) is 0 Å². The van der Waals surface area contributed by atoms with E-state index in [1.165, 1.54) is 12.1 Å². The minimum atomic E-state index is 0.374. The number of halogens is 1. The van der Waals surface area contributed by atoms with Crippen molar-refractivity contribution in [2.75, 3.05) is 6.54 Å². The fraction of sp³-hybridized carbons (Fsp3) is 0.769. The summed E-state index contributed by atoms with van der Waals surface area (Å²) in [6.45, 7) is 9.98. The van der Waals surface area contributed by atoms with Gasteiger partial charge in [-0.05, 0) is 40.7 Å². The first-order chi connectivity index (χ1) is 7.85. The summed E-state index contributed by atoms with van der Waals surface area (Å²) in [5.74, 6) is 0. The second-order valence-corrected chi connectivity index (χ2v) is 6.57. The van der Waals surface area contributed by atoms with E-state index in [0.717, 1.165) is 17.4 Å². The fourth-order valence-corrected chi connectivity index (χ4v) is 2.60. The van der Waals surface area contributed by atoms with E-state index in [2.05, 4.69) is 54.0 Å². The van der Waals surface area contributed by atoms with Gasteiger partial charge in [0.2, 0.25) is 0 Å². The van der Waals surface area contributed by atoms with Crippen molar-refractivity contribution in [1.82, 2.24) is 15.1 Å². The van der Waals surface area contributed by atoms with Gasteiger partial charge in [0.15, 0.2) is 0 Å². The van der Waals surface area contributed by atoms with Crippen LogP contribution in [0.2, 0.25) is 0 Å². The summed E-state index contributed by atoms with van der Waals surface area (Å²) in [6, 6.07) is 0.376. The summed E-state index contributed by atoms with van der Waals surface area (Å²) in [5, 5.41) is 7.84. The zero-order valence-corrected chi connectivity index (χ0v) is 13.1. The molecule has 0 aliphatic rings. The Morgan fingerprint density at radius 2 is 2.12 bits per heavy atom. The van der Waals surface area contributed by atoms with Gasteiger partial charge in [0.1, 0.15) is 0 Å². The molecule has 1 heterocycles. The van der Waals surface area contributed by atoms with E-state index in [1.54, 1.807) is 0 Å². The van der Waals surface area contributed by atoms with E-state index in [-0.39, 0.29) is 0 Å². The first-order valence-electron chi connectivity index (χ1n) is 6.26. The van der Waals surface area contributed by atoms with Gasteiger partial charge >= 0.3 is 0 Å². The van der Waals surface area contributed by atoms with Gasteiger partial charge in [0.05, 0.1) is 22.4 Å². The van der Waals surface area contributed by atoms with Crippen LogP contribution in [0.15, 0.2) is 10.7 Å². The molecule has 1 rings (SSSR count). The molecular weight excluding hydrogens is 278 g/mol. The van der Waals surface area contributed by atoms with E-state index in [1.807, 2.05) is 17.9 Å². The lowest BCUT2D eigenvalue weighted by Crippen LogP contribution is -2.25. The number of hydrogen-bond acceptors (Lipinski definition) is 2. The van der Waals surface area contributed by atoms with Crippen molar-refractivity contribution in [3.05, 3.63) is 16.4 Å². The lowest BCUT2D eigenvalue weighted by atomic mass is 9.88. The third-order valence-electron chi connectivity index (χ3n) is 2.90. The molecule has 0 saturated heterocycles. The van der Waals surface area contributed by atoms with Gasteiger partial charge < -0.3 is 5.32 Å². The molecule has 0 bridgehead atoms. The van der Waals surface area contributed by atoms with E-state index in [0.29, 0.717) is 11.5 Å². The van der Waals surface area contributed by atoms with Crippen LogP contribution in [0.1, 0.15) is 52.3 Å². The van der Waals surface area contributed by atoms with Gasteiger partial charge in [-0.2, -0.15) is 5.10 Å². The Balaban J connectivity index is 2.79. The van der Waals surface area contributed by atoms with E-state index in [9.17, 15) is 0 Å². The second-order valence-electron chi connectivity index (χ2n) is 5.71. The normalized spacial score (nSPS) is 14.0. The van der Waals surface area contributed by atoms with Crippen LogP contribution in [-0.4, -0.2) is 16.3 Å².